The Balaban J connectivity index is 1.21. The Kier molecular flexibility index (Phi) is 5.30. The number of likely N-dealkylation sites (tertiary alicyclic amines) is 1. The molecule has 3 saturated heterocycles. The van der Waals surface area contributed by atoms with Gasteiger partial charge in [-0.25, -0.2) is 0 Å². The van der Waals surface area contributed by atoms with Gasteiger partial charge in [0.25, 0.3) is 5.91 Å². The fraction of sp³-hybridized carbons (Fsp3) is 0.591. The number of hydrogen-bond acceptors (Lipinski definition) is 6. The molecule has 1 aromatic carbocycles. The van der Waals surface area contributed by atoms with Crippen LogP contribution in [-0.4, -0.2) is 84.3 Å². The molecule has 5 rings (SSSR count). The minimum atomic E-state index is -0.553. The Hall–Kier alpha value is -2.29. The fourth-order valence-corrected chi connectivity index (χ4v) is 5.22. The summed E-state index contributed by atoms with van der Waals surface area (Å²) in [4.78, 5) is 43.3. The molecule has 4 aliphatic rings. The number of carbonyl (C=O) groups excluding carboxylic acids is 3. The third-order valence-corrected chi connectivity index (χ3v) is 6.83. The summed E-state index contributed by atoms with van der Waals surface area (Å²) in [6.45, 7) is 9.12. The highest BCUT2D eigenvalue weighted by Gasteiger charge is 2.40. The molecule has 3 fully saturated rings. The normalized spacial score (nSPS) is 25.9. The Morgan fingerprint density at radius 2 is 1.83 bits per heavy atom. The number of fused-ring (bicyclic) bond motifs is 1. The van der Waals surface area contributed by atoms with Crippen molar-refractivity contribution in [3.8, 4) is 0 Å². The van der Waals surface area contributed by atoms with E-state index in [9.17, 15) is 14.4 Å². The van der Waals surface area contributed by atoms with Crippen LogP contribution < -0.4 is 10.6 Å². The fourth-order valence-electron chi connectivity index (χ4n) is 5.22. The Labute approximate surface area is 176 Å². The van der Waals surface area contributed by atoms with Gasteiger partial charge in [0.15, 0.2) is 0 Å². The first-order valence-corrected chi connectivity index (χ1v) is 11.0. The third-order valence-electron chi connectivity index (χ3n) is 6.83. The number of nitrogens with one attached hydrogen (secondary N) is 2. The average molecular weight is 412 g/mol. The lowest BCUT2D eigenvalue weighted by Crippen LogP contribution is -2.53. The van der Waals surface area contributed by atoms with E-state index >= 15 is 0 Å². The maximum Gasteiger partial charge on any atom is 0.255 e. The van der Waals surface area contributed by atoms with Gasteiger partial charge < -0.3 is 15.1 Å². The van der Waals surface area contributed by atoms with Crippen LogP contribution in [-0.2, 0) is 22.7 Å². The first-order valence-electron chi connectivity index (χ1n) is 11.0. The maximum atomic E-state index is 13.0. The molecule has 8 nitrogen and oxygen atoms in total. The van der Waals surface area contributed by atoms with Gasteiger partial charge in [-0.05, 0) is 29.5 Å². The summed E-state index contributed by atoms with van der Waals surface area (Å²) < 4.78 is 0. The van der Waals surface area contributed by atoms with Crippen molar-refractivity contribution in [1.82, 2.24) is 25.3 Å². The van der Waals surface area contributed by atoms with Crippen LogP contribution in [0.3, 0.4) is 0 Å². The zero-order valence-electron chi connectivity index (χ0n) is 17.2. The molecule has 0 saturated carbocycles. The molecule has 8 heteroatoms. The molecule has 1 unspecified atom stereocenters. The molecule has 1 atom stereocenters. The number of piperazine rings is 1. The lowest BCUT2D eigenvalue weighted by atomic mass is 9.96. The minimum Gasteiger partial charge on any atom is -0.322 e. The van der Waals surface area contributed by atoms with Gasteiger partial charge in [0.05, 0.1) is 0 Å². The van der Waals surface area contributed by atoms with Crippen LogP contribution in [0.5, 0.6) is 0 Å². The van der Waals surface area contributed by atoms with E-state index in [2.05, 4.69) is 26.5 Å². The number of rotatable bonds is 5. The molecule has 4 aliphatic heterocycles. The largest absolute Gasteiger partial charge is 0.322 e. The van der Waals surface area contributed by atoms with Crippen molar-refractivity contribution in [2.45, 2.75) is 32.0 Å². The van der Waals surface area contributed by atoms with Crippen molar-refractivity contribution < 1.29 is 14.4 Å². The lowest BCUT2D eigenvalue weighted by Gasteiger charge is -2.42. The van der Waals surface area contributed by atoms with Crippen molar-refractivity contribution in [1.29, 1.82) is 0 Å². The van der Waals surface area contributed by atoms with E-state index < -0.39 is 6.04 Å². The van der Waals surface area contributed by atoms with Crippen LogP contribution in [0.2, 0.25) is 0 Å². The number of amides is 3. The molecule has 1 aromatic rings. The van der Waals surface area contributed by atoms with Gasteiger partial charge in [-0.2, -0.15) is 0 Å². The monoisotopic (exact) mass is 411 g/mol. The number of piperidine rings is 1. The summed E-state index contributed by atoms with van der Waals surface area (Å²) in [5.41, 5.74) is 2.92. The lowest BCUT2D eigenvalue weighted by molar-refractivity contribution is -0.136. The van der Waals surface area contributed by atoms with E-state index in [-0.39, 0.29) is 24.1 Å². The van der Waals surface area contributed by atoms with E-state index in [1.807, 2.05) is 12.1 Å². The Morgan fingerprint density at radius 1 is 1.03 bits per heavy atom. The van der Waals surface area contributed by atoms with E-state index in [0.29, 0.717) is 18.5 Å². The summed E-state index contributed by atoms with van der Waals surface area (Å²) in [6.07, 6.45) is 0.686. The average Bonchev–Trinajstić information content (AvgIpc) is 3.05. The molecule has 3 amide bonds. The molecule has 160 valence electrons. The SMILES string of the molecule is O=C1CCC(N2Cc3c(CN4CC(CN5CCNCC5)C4)cccc3C2=O)C(=O)N1. The molecular weight excluding hydrogens is 382 g/mol. The van der Waals surface area contributed by atoms with Gasteiger partial charge >= 0.3 is 0 Å². The topological polar surface area (TPSA) is 85.0 Å². The third kappa shape index (κ3) is 3.75. The predicted octanol–water partition coefficient (Wildman–Crippen LogP) is -0.215. The summed E-state index contributed by atoms with van der Waals surface area (Å²) in [5, 5.41) is 5.77. The highest BCUT2D eigenvalue weighted by Crippen LogP contribution is 2.31. The van der Waals surface area contributed by atoms with Crippen molar-refractivity contribution in [2.75, 3.05) is 45.8 Å². The van der Waals surface area contributed by atoms with Gasteiger partial charge in [-0.3, -0.25) is 24.6 Å². The van der Waals surface area contributed by atoms with Crippen molar-refractivity contribution in [3.05, 3.63) is 34.9 Å². The Bertz CT molecular complexity index is 860. The van der Waals surface area contributed by atoms with Crippen LogP contribution in [0.25, 0.3) is 0 Å². The van der Waals surface area contributed by atoms with E-state index in [1.165, 1.54) is 12.1 Å². The van der Waals surface area contributed by atoms with Gasteiger partial charge in [-0.1, -0.05) is 12.1 Å². The van der Waals surface area contributed by atoms with Gasteiger partial charge in [0.2, 0.25) is 11.8 Å². The van der Waals surface area contributed by atoms with Gasteiger partial charge in [0.1, 0.15) is 6.04 Å². The van der Waals surface area contributed by atoms with Crippen LogP contribution in [0, 0.1) is 5.92 Å². The number of hydrogen-bond donors (Lipinski definition) is 2. The zero-order chi connectivity index (χ0) is 20.7. The number of imide groups is 1. The number of nitrogens with zero attached hydrogens (tertiary/aromatic N) is 3. The van der Waals surface area contributed by atoms with Crippen molar-refractivity contribution in [2.24, 2.45) is 5.92 Å². The van der Waals surface area contributed by atoms with Gasteiger partial charge in [-0.15, -0.1) is 0 Å². The summed E-state index contributed by atoms with van der Waals surface area (Å²) in [6, 6.07) is 5.35. The van der Waals surface area contributed by atoms with E-state index in [4.69, 9.17) is 0 Å². The maximum absolute atomic E-state index is 13.0. The summed E-state index contributed by atoms with van der Waals surface area (Å²) >= 11 is 0. The first-order chi connectivity index (χ1) is 14.6. The van der Waals surface area contributed by atoms with Crippen molar-refractivity contribution >= 4 is 17.7 Å². The van der Waals surface area contributed by atoms with Gasteiger partial charge in [0, 0.05) is 70.9 Å². The molecule has 30 heavy (non-hydrogen) atoms. The van der Waals surface area contributed by atoms with E-state index in [1.54, 1.807) is 4.90 Å². The molecule has 0 radical (unpaired) electrons. The summed E-state index contributed by atoms with van der Waals surface area (Å²) in [7, 11) is 0. The summed E-state index contributed by atoms with van der Waals surface area (Å²) in [5.74, 6) is 0.0183. The van der Waals surface area contributed by atoms with Crippen LogP contribution in [0.1, 0.15) is 34.3 Å². The molecule has 0 aliphatic carbocycles. The second-order valence-corrected chi connectivity index (χ2v) is 8.95. The standard InChI is InChI=1S/C22H29N5O3/c28-20-5-4-19(21(29)24-20)27-14-18-16(2-1-3-17(18)22(27)30)13-26-11-15(12-26)10-25-8-6-23-7-9-25/h1-3,15,19,23H,4-14H2,(H,24,28,29). The molecule has 0 spiro atoms. The minimum absolute atomic E-state index is 0.0958. The molecule has 0 aromatic heterocycles. The smallest absolute Gasteiger partial charge is 0.255 e. The molecule has 2 N–H and O–H groups in total. The second-order valence-electron chi connectivity index (χ2n) is 8.95. The Morgan fingerprint density at radius 3 is 2.60 bits per heavy atom. The molecule has 4 heterocycles. The number of carbonyl (C=O) groups is 3. The predicted molar refractivity (Wildman–Crippen MR) is 111 cm³/mol. The zero-order valence-corrected chi connectivity index (χ0v) is 17.2. The van der Waals surface area contributed by atoms with E-state index in [0.717, 1.165) is 57.3 Å². The first kappa shape index (κ1) is 19.7. The second kappa shape index (κ2) is 8.09. The molecule has 0 bridgehead atoms. The van der Waals surface area contributed by atoms with Crippen LogP contribution >= 0.6 is 0 Å². The highest BCUT2D eigenvalue weighted by molar-refractivity contribution is 6.05. The van der Waals surface area contributed by atoms with Crippen LogP contribution in [0.4, 0.5) is 0 Å². The molecular formula is C22H29N5O3. The number of benzene rings is 1. The quantitative estimate of drug-likeness (QED) is 0.652. The van der Waals surface area contributed by atoms with Crippen LogP contribution in [0.15, 0.2) is 18.2 Å². The highest BCUT2D eigenvalue weighted by atomic mass is 16.2. The van der Waals surface area contributed by atoms with Crippen molar-refractivity contribution in [3.63, 3.8) is 0 Å².